The Morgan fingerprint density at radius 3 is 2.78 bits per heavy atom. The van der Waals surface area contributed by atoms with Crippen molar-refractivity contribution in [2.45, 2.75) is 25.3 Å². The van der Waals surface area contributed by atoms with Crippen LogP contribution < -0.4 is 10.6 Å². The molecule has 2 rings (SSSR count). The van der Waals surface area contributed by atoms with E-state index in [9.17, 15) is 13.6 Å². The molecule has 8 heteroatoms. The van der Waals surface area contributed by atoms with Crippen LogP contribution in [0.5, 0.6) is 0 Å². The topological polar surface area (TPSA) is 59.0 Å². The van der Waals surface area contributed by atoms with Crippen LogP contribution >= 0.6 is 12.4 Å². The van der Waals surface area contributed by atoms with Crippen LogP contribution in [0.1, 0.15) is 12.1 Å². The van der Waals surface area contributed by atoms with Crippen LogP contribution in [0.15, 0.2) is 6.07 Å². The summed E-state index contributed by atoms with van der Waals surface area (Å²) in [4.78, 5) is 11.7. The summed E-state index contributed by atoms with van der Waals surface area (Å²) < 4.78 is 27.4. The van der Waals surface area contributed by atoms with Gasteiger partial charge in [-0.3, -0.25) is 14.8 Å². The average molecular weight is 281 g/mol. The highest BCUT2D eigenvalue weighted by atomic mass is 35.5. The lowest BCUT2D eigenvalue weighted by Crippen LogP contribution is -2.35. The van der Waals surface area contributed by atoms with Crippen LogP contribution in [0.2, 0.25) is 0 Å². The minimum absolute atomic E-state index is 0. The molecule has 0 saturated carbocycles. The molecule has 1 atom stereocenters. The molecule has 2 heterocycles. The molecule has 1 aliphatic rings. The minimum atomic E-state index is -2.80. The van der Waals surface area contributed by atoms with Gasteiger partial charge >= 0.3 is 0 Å². The number of aromatic nitrogens is 2. The normalized spacial score (nSPS) is 21.4. The van der Waals surface area contributed by atoms with E-state index in [0.29, 0.717) is 5.82 Å². The van der Waals surface area contributed by atoms with Gasteiger partial charge in [-0.05, 0) is 6.92 Å². The second-order valence-electron chi connectivity index (χ2n) is 4.28. The largest absolute Gasteiger partial charge is 0.308 e. The summed E-state index contributed by atoms with van der Waals surface area (Å²) in [6.45, 7) is 1.39. The molecule has 1 fully saturated rings. The summed E-state index contributed by atoms with van der Waals surface area (Å²) in [5.74, 6) is -2.89. The van der Waals surface area contributed by atoms with Gasteiger partial charge < -0.3 is 5.32 Å². The number of rotatable bonds is 2. The number of carbonyl (C=O) groups is 1. The Labute approximate surface area is 109 Å². The number of hydrogen-bond acceptors (Lipinski definition) is 3. The number of nitrogens with zero attached hydrogens (tertiary/aromatic N) is 2. The molecule has 0 bridgehead atoms. The van der Waals surface area contributed by atoms with Crippen molar-refractivity contribution in [3.63, 3.8) is 0 Å². The maximum atomic E-state index is 12.9. The number of carbonyl (C=O) groups excluding carboxylic acids is 1. The first-order chi connectivity index (χ1) is 7.87. The Kier molecular flexibility index (Phi) is 4.28. The van der Waals surface area contributed by atoms with E-state index in [2.05, 4.69) is 15.7 Å². The standard InChI is InChI=1S/C10H14F2N4O.ClH/c1-6-3-8(15-16(6)2)14-9(17)7-4-10(11,12)5-13-7;/h3,7,13H,4-5H2,1-2H3,(H,14,15,17);1H. The molecule has 5 nitrogen and oxygen atoms in total. The lowest BCUT2D eigenvalue weighted by Gasteiger charge is -2.09. The van der Waals surface area contributed by atoms with Gasteiger partial charge in [-0.1, -0.05) is 0 Å². The number of alkyl halides is 2. The Morgan fingerprint density at radius 1 is 1.67 bits per heavy atom. The molecule has 1 amide bonds. The Hall–Kier alpha value is -1.21. The molecule has 18 heavy (non-hydrogen) atoms. The summed E-state index contributed by atoms with van der Waals surface area (Å²) in [5, 5.41) is 9.04. The van der Waals surface area contributed by atoms with Crippen molar-refractivity contribution in [3.8, 4) is 0 Å². The van der Waals surface area contributed by atoms with Crippen LogP contribution in [0, 0.1) is 6.92 Å². The third-order valence-electron chi connectivity index (χ3n) is 2.79. The quantitative estimate of drug-likeness (QED) is 0.852. The fraction of sp³-hybridized carbons (Fsp3) is 0.600. The SMILES string of the molecule is Cc1cc(NC(=O)C2CC(F)(F)CN2)nn1C.Cl. The average Bonchev–Trinajstić information content (AvgIpc) is 2.71. The summed E-state index contributed by atoms with van der Waals surface area (Å²) in [6, 6.07) is 0.831. The maximum absolute atomic E-state index is 12.9. The van der Waals surface area contributed by atoms with Gasteiger partial charge in [0.25, 0.3) is 5.92 Å². The Morgan fingerprint density at radius 2 is 2.33 bits per heavy atom. The number of hydrogen-bond donors (Lipinski definition) is 2. The first kappa shape index (κ1) is 14.8. The fourth-order valence-electron chi connectivity index (χ4n) is 1.74. The zero-order valence-corrected chi connectivity index (χ0v) is 10.9. The first-order valence-electron chi connectivity index (χ1n) is 5.30. The smallest absolute Gasteiger partial charge is 0.262 e. The molecule has 2 N–H and O–H groups in total. The van der Waals surface area contributed by atoms with Gasteiger partial charge in [0, 0.05) is 25.2 Å². The summed E-state index contributed by atoms with van der Waals surface area (Å²) >= 11 is 0. The lowest BCUT2D eigenvalue weighted by molar-refractivity contribution is -0.118. The van der Waals surface area contributed by atoms with Gasteiger partial charge in [0.05, 0.1) is 12.6 Å². The molecule has 0 aromatic carbocycles. The van der Waals surface area contributed by atoms with Gasteiger partial charge in [-0.25, -0.2) is 8.78 Å². The van der Waals surface area contributed by atoms with Crippen molar-refractivity contribution in [3.05, 3.63) is 11.8 Å². The number of amides is 1. The minimum Gasteiger partial charge on any atom is -0.308 e. The van der Waals surface area contributed by atoms with Gasteiger partial charge in [-0.15, -0.1) is 12.4 Å². The highest BCUT2D eigenvalue weighted by molar-refractivity contribution is 5.94. The third-order valence-corrected chi connectivity index (χ3v) is 2.79. The predicted octanol–water partition coefficient (Wildman–Crippen LogP) is 1.09. The zero-order valence-electron chi connectivity index (χ0n) is 10.0. The van der Waals surface area contributed by atoms with Gasteiger partial charge in [0.1, 0.15) is 0 Å². The second kappa shape index (κ2) is 5.19. The monoisotopic (exact) mass is 280 g/mol. The Balaban J connectivity index is 0.00000162. The van der Waals surface area contributed by atoms with E-state index < -0.39 is 30.8 Å². The Bertz CT molecular complexity index is 430. The van der Waals surface area contributed by atoms with Crippen LogP contribution in [0.3, 0.4) is 0 Å². The van der Waals surface area contributed by atoms with E-state index in [-0.39, 0.29) is 12.4 Å². The first-order valence-corrected chi connectivity index (χ1v) is 5.30. The number of halogens is 3. The van der Waals surface area contributed by atoms with E-state index >= 15 is 0 Å². The molecule has 0 radical (unpaired) electrons. The van der Waals surface area contributed by atoms with Crippen LogP contribution in [-0.2, 0) is 11.8 Å². The van der Waals surface area contributed by atoms with Crippen molar-refractivity contribution >= 4 is 24.1 Å². The number of anilines is 1. The van der Waals surface area contributed by atoms with E-state index in [1.165, 1.54) is 0 Å². The van der Waals surface area contributed by atoms with Gasteiger partial charge in [-0.2, -0.15) is 5.10 Å². The molecule has 0 spiro atoms. The molecule has 1 aromatic heterocycles. The molecule has 0 aliphatic carbocycles. The number of aryl methyl sites for hydroxylation is 2. The van der Waals surface area contributed by atoms with Crippen molar-refractivity contribution in [2.24, 2.45) is 7.05 Å². The summed E-state index contributed by atoms with van der Waals surface area (Å²) in [7, 11) is 1.74. The fourth-order valence-corrected chi connectivity index (χ4v) is 1.74. The van der Waals surface area contributed by atoms with Crippen LogP contribution in [0.25, 0.3) is 0 Å². The van der Waals surface area contributed by atoms with Gasteiger partial charge in [0.15, 0.2) is 5.82 Å². The van der Waals surface area contributed by atoms with Crippen LogP contribution in [-0.4, -0.2) is 34.2 Å². The van der Waals surface area contributed by atoms with Crippen molar-refractivity contribution in [1.82, 2.24) is 15.1 Å². The van der Waals surface area contributed by atoms with E-state index in [1.807, 2.05) is 6.92 Å². The van der Waals surface area contributed by atoms with Crippen molar-refractivity contribution in [2.75, 3.05) is 11.9 Å². The number of nitrogens with one attached hydrogen (secondary N) is 2. The third kappa shape index (κ3) is 3.17. The van der Waals surface area contributed by atoms with Crippen LogP contribution in [0.4, 0.5) is 14.6 Å². The van der Waals surface area contributed by atoms with Gasteiger partial charge in [0.2, 0.25) is 5.91 Å². The highest BCUT2D eigenvalue weighted by Crippen LogP contribution is 2.25. The second-order valence-corrected chi connectivity index (χ2v) is 4.28. The van der Waals surface area contributed by atoms with Crippen molar-refractivity contribution < 1.29 is 13.6 Å². The molecule has 1 saturated heterocycles. The van der Waals surface area contributed by atoms with E-state index in [1.54, 1.807) is 17.8 Å². The predicted molar refractivity (Wildman–Crippen MR) is 65.2 cm³/mol. The van der Waals surface area contributed by atoms with E-state index in [0.717, 1.165) is 5.69 Å². The molecule has 1 aromatic rings. The summed E-state index contributed by atoms with van der Waals surface area (Å²) in [5.41, 5.74) is 0.880. The highest BCUT2D eigenvalue weighted by Gasteiger charge is 2.42. The van der Waals surface area contributed by atoms with Crippen molar-refractivity contribution in [1.29, 1.82) is 0 Å². The molecule has 102 valence electrons. The molecular formula is C10H15ClF2N4O. The molecule has 1 aliphatic heterocycles. The van der Waals surface area contributed by atoms with E-state index in [4.69, 9.17) is 0 Å². The zero-order chi connectivity index (χ0) is 12.6. The molecular weight excluding hydrogens is 266 g/mol. The summed E-state index contributed by atoms with van der Waals surface area (Å²) in [6.07, 6.45) is -0.468. The molecule has 1 unspecified atom stereocenters. The lowest BCUT2D eigenvalue weighted by atomic mass is 10.2. The maximum Gasteiger partial charge on any atom is 0.262 e.